The van der Waals surface area contributed by atoms with E-state index < -0.39 is 67.3 Å². The zero-order chi connectivity index (χ0) is 29.8. The molecule has 0 aliphatic heterocycles. The van der Waals surface area contributed by atoms with Gasteiger partial charge in [-0.25, -0.2) is 0 Å². The van der Waals surface area contributed by atoms with Crippen molar-refractivity contribution in [3.63, 3.8) is 0 Å². The minimum atomic E-state index is -8.60. The van der Waals surface area contributed by atoms with E-state index in [1.54, 1.807) is 0 Å². The predicted octanol–water partition coefficient (Wildman–Crippen LogP) is 8.68. The second-order valence-electron chi connectivity index (χ2n) is 7.52. The summed E-state index contributed by atoms with van der Waals surface area (Å²) in [5.74, 6) is -55.1. The maximum Gasteiger partial charge on any atom is 0.460 e. The molecule has 0 bridgehead atoms. The normalized spacial score (nSPS) is 14.4. The molecule has 0 aromatic heterocycles. The first-order valence-corrected chi connectivity index (χ1v) is 9.91. The van der Waals surface area contributed by atoms with Gasteiger partial charge in [-0.15, -0.1) is 0 Å². The summed E-state index contributed by atoms with van der Waals surface area (Å²) in [5.41, 5.74) is 0. The highest BCUT2D eigenvalue weighted by atomic mass is 19.4. The molecule has 0 saturated carbocycles. The van der Waals surface area contributed by atoms with Gasteiger partial charge < -0.3 is 10.2 Å². The minimum absolute atomic E-state index is 0. The molecule has 0 unspecified atom stereocenters. The minimum Gasteiger partial charge on any atom is -0.412 e. The molecule has 0 saturated heterocycles. The number of ether oxygens (including phenoxy) is 1. The van der Waals surface area contributed by atoms with Crippen LogP contribution in [0, 0.1) is 5.92 Å². The highest BCUT2D eigenvalue weighted by Gasteiger charge is 2.95. The van der Waals surface area contributed by atoms with Crippen molar-refractivity contribution in [1.82, 2.24) is 0 Å². The molecule has 236 valence electrons. The lowest BCUT2D eigenvalue weighted by Gasteiger charge is -2.42. The third kappa shape index (κ3) is 7.68. The molecule has 0 aliphatic carbocycles. The molecule has 38 heavy (non-hydrogen) atoms. The van der Waals surface area contributed by atoms with Crippen LogP contribution in [0.25, 0.3) is 0 Å². The summed E-state index contributed by atoms with van der Waals surface area (Å²) in [7, 11) is 0. The molecule has 19 heteroatoms. The van der Waals surface area contributed by atoms with Gasteiger partial charge in [-0.05, 0) is 12.8 Å². The van der Waals surface area contributed by atoms with Crippen molar-refractivity contribution in [3.8, 4) is 0 Å². The molecular weight excluding hydrogens is 583 g/mol. The highest BCUT2D eigenvalue weighted by Crippen LogP contribution is 2.64. The van der Waals surface area contributed by atoms with E-state index in [1.807, 2.05) is 0 Å². The van der Waals surface area contributed by atoms with Crippen LogP contribution in [0.5, 0.6) is 0 Å². The smallest absolute Gasteiger partial charge is 0.412 e. The second-order valence-corrected chi connectivity index (χ2v) is 7.52. The first-order valence-electron chi connectivity index (χ1n) is 9.91. The summed E-state index contributed by atoms with van der Waals surface area (Å²) in [5, 5.41) is 0. The molecule has 2 nitrogen and oxygen atoms in total. The molecule has 0 rings (SSSR count). The van der Waals surface area contributed by atoms with Crippen LogP contribution in [-0.4, -0.2) is 66.3 Å². The van der Waals surface area contributed by atoms with Gasteiger partial charge in [0.1, 0.15) is 0 Å². The first-order chi connectivity index (χ1) is 15.6. The zero-order valence-corrected chi connectivity index (χ0v) is 19.4. The van der Waals surface area contributed by atoms with Crippen molar-refractivity contribution in [3.05, 3.63) is 0 Å². The number of hydrogen-bond donors (Lipinski definition) is 0. The molecule has 0 atom stereocenters. The predicted molar refractivity (Wildman–Crippen MR) is 102 cm³/mol. The van der Waals surface area contributed by atoms with Gasteiger partial charge in [0.2, 0.25) is 0 Å². The maximum absolute atomic E-state index is 13.3. The van der Waals surface area contributed by atoms with Crippen LogP contribution in [0.2, 0.25) is 0 Å². The summed E-state index contributed by atoms with van der Waals surface area (Å²) in [6.07, 6.45) is -7.66. The Morgan fingerprint density at radius 1 is 0.526 bits per heavy atom. The third-order valence-electron chi connectivity index (χ3n) is 4.95. The zero-order valence-electron chi connectivity index (χ0n) is 19.4. The Kier molecular flexibility index (Phi) is 16.0. The van der Waals surface area contributed by atoms with E-state index in [4.69, 9.17) is 0 Å². The molecular formula is C19H29F17O2. The monoisotopic (exact) mass is 612 g/mol. The highest BCUT2D eigenvalue weighted by molar-refractivity contribution is 5.15. The van der Waals surface area contributed by atoms with Crippen molar-refractivity contribution in [2.24, 2.45) is 5.92 Å². The van der Waals surface area contributed by atoms with Gasteiger partial charge in [-0.2, -0.15) is 74.6 Å². The van der Waals surface area contributed by atoms with Crippen molar-refractivity contribution in [2.45, 2.75) is 102 Å². The molecule has 0 aliphatic rings. The summed E-state index contributed by atoms with van der Waals surface area (Å²) in [4.78, 5) is 0. The van der Waals surface area contributed by atoms with Gasteiger partial charge >= 0.3 is 47.6 Å². The van der Waals surface area contributed by atoms with Crippen LogP contribution in [-0.2, 0) is 4.74 Å². The quantitative estimate of drug-likeness (QED) is 0.161. The van der Waals surface area contributed by atoms with Crippen molar-refractivity contribution in [2.75, 3.05) is 13.2 Å². The molecule has 2 N–H and O–H groups in total. The topological polar surface area (TPSA) is 40.7 Å². The fraction of sp³-hybridized carbons (Fsp3) is 1.00. The Balaban J connectivity index is -0.000000643. The van der Waals surface area contributed by atoms with E-state index in [0.717, 1.165) is 12.8 Å². The van der Waals surface area contributed by atoms with E-state index >= 15 is 0 Å². The van der Waals surface area contributed by atoms with Crippen LogP contribution in [0.1, 0.15) is 54.4 Å². The van der Waals surface area contributed by atoms with E-state index in [1.165, 1.54) is 12.8 Å². The fourth-order valence-electron chi connectivity index (χ4n) is 1.99. The number of rotatable bonds is 12. The van der Waals surface area contributed by atoms with Crippen molar-refractivity contribution < 1.29 is 84.9 Å². The van der Waals surface area contributed by atoms with Gasteiger partial charge in [0.05, 0.1) is 6.61 Å². The van der Waals surface area contributed by atoms with E-state index in [0.29, 0.717) is 0 Å². The number of alkyl halides is 17. The molecule has 0 radical (unpaired) electrons. The average Bonchev–Trinajstić information content (AvgIpc) is 2.71. The summed E-state index contributed by atoms with van der Waals surface area (Å²) < 4.78 is 223. The van der Waals surface area contributed by atoms with Gasteiger partial charge in [0.15, 0.2) is 0 Å². The first kappa shape index (κ1) is 43.8. The SMILES string of the molecule is C.CCC(C)CC.CCOCCC(F)(F)C(F)(F)C(F)(F)C(F)(F)C(F)(F)C(F)(F)C(F)(F)C(F)(F)F.O. The average molecular weight is 612 g/mol. The molecule has 0 aromatic rings. The summed E-state index contributed by atoms with van der Waals surface area (Å²) in [6.45, 7) is 5.69. The van der Waals surface area contributed by atoms with Gasteiger partial charge in [-0.3, -0.25) is 0 Å². The maximum atomic E-state index is 13.3. The van der Waals surface area contributed by atoms with Crippen LogP contribution >= 0.6 is 0 Å². The Bertz CT molecular complexity index is 671. The summed E-state index contributed by atoms with van der Waals surface area (Å²) in [6, 6.07) is 0. The number of hydrogen-bond acceptors (Lipinski definition) is 1. The molecule has 0 aromatic carbocycles. The van der Waals surface area contributed by atoms with Crippen LogP contribution in [0.4, 0.5) is 74.6 Å². The molecule has 0 heterocycles. The van der Waals surface area contributed by atoms with Gasteiger partial charge in [0, 0.05) is 13.0 Å². The largest absolute Gasteiger partial charge is 0.460 e. The Labute approximate surface area is 207 Å². The van der Waals surface area contributed by atoms with E-state index in [9.17, 15) is 74.6 Å². The Morgan fingerprint density at radius 2 is 0.816 bits per heavy atom. The Hall–Kier alpha value is -1.27. The lowest BCUT2D eigenvalue weighted by atomic mass is 9.88. The van der Waals surface area contributed by atoms with Crippen LogP contribution in [0.3, 0.4) is 0 Å². The van der Waals surface area contributed by atoms with Crippen molar-refractivity contribution in [1.29, 1.82) is 0 Å². The van der Waals surface area contributed by atoms with Crippen LogP contribution in [0.15, 0.2) is 0 Å². The summed E-state index contributed by atoms with van der Waals surface area (Å²) >= 11 is 0. The Morgan fingerprint density at radius 3 is 1.05 bits per heavy atom. The standard InChI is InChI=1S/C12H9F17O.C6H14.CH4.H2O/c1-2-30-4-3-5(13,14)6(15,16)7(17,18)8(19,20)9(21,22)10(23,24)11(25,26)12(27,28)29;1-4-6(3)5-2;;/h2-4H2,1H3;6H,4-5H2,1-3H3;1H4;1H2. The van der Waals surface area contributed by atoms with Gasteiger partial charge in [-0.1, -0.05) is 41.0 Å². The number of halogens is 17. The van der Waals surface area contributed by atoms with Crippen molar-refractivity contribution >= 4 is 0 Å². The fourth-order valence-corrected chi connectivity index (χ4v) is 1.99. The molecule has 0 spiro atoms. The molecule has 0 fully saturated rings. The lowest BCUT2D eigenvalue weighted by molar-refractivity contribution is -0.462. The second kappa shape index (κ2) is 13.9. The van der Waals surface area contributed by atoms with Crippen LogP contribution < -0.4 is 0 Å². The molecule has 0 amide bonds. The lowest BCUT2D eigenvalue weighted by Crippen LogP contribution is -2.74. The van der Waals surface area contributed by atoms with E-state index in [-0.39, 0.29) is 12.9 Å². The third-order valence-corrected chi connectivity index (χ3v) is 4.95. The van der Waals surface area contributed by atoms with Gasteiger partial charge in [0.25, 0.3) is 0 Å². The van der Waals surface area contributed by atoms with E-state index in [2.05, 4.69) is 25.5 Å².